The van der Waals surface area contributed by atoms with Crippen LogP contribution in [0.2, 0.25) is 5.02 Å². The summed E-state index contributed by atoms with van der Waals surface area (Å²) in [5.74, 6) is 1.49. The summed E-state index contributed by atoms with van der Waals surface area (Å²) in [5.41, 5.74) is 0.730. The molecule has 0 aliphatic carbocycles. The highest BCUT2D eigenvalue weighted by atomic mass is 35.5. The molecule has 0 N–H and O–H groups in total. The molecule has 4 nitrogen and oxygen atoms in total. The van der Waals surface area contributed by atoms with Crippen LogP contribution in [0.5, 0.6) is 11.5 Å². The number of benzene rings is 2. The number of nitrogens with zero attached hydrogens (tertiary/aromatic N) is 1. The van der Waals surface area contributed by atoms with Crippen LogP contribution in [0.15, 0.2) is 76.3 Å². The van der Waals surface area contributed by atoms with E-state index in [0.717, 1.165) is 5.69 Å². The summed E-state index contributed by atoms with van der Waals surface area (Å²) in [6, 6.07) is 17.8. The SMILES string of the molecule is O=C(CC=Nc1ccc(Oc2ccccc2Cl)cc1)c1ccco1. The molecule has 0 unspecified atom stereocenters. The number of ketones is 1. The van der Waals surface area contributed by atoms with Gasteiger partial charge in [0, 0.05) is 12.6 Å². The van der Waals surface area contributed by atoms with Gasteiger partial charge in [-0.3, -0.25) is 9.79 Å². The Balaban J connectivity index is 1.59. The van der Waals surface area contributed by atoms with E-state index < -0.39 is 0 Å². The smallest absolute Gasteiger partial charge is 0.203 e. The van der Waals surface area contributed by atoms with Crippen LogP contribution in [-0.2, 0) is 0 Å². The lowest BCUT2D eigenvalue weighted by Crippen LogP contribution is -1.96. The van der Waals surface area contributed by atoms with Crippen LogP contribution < -0.4 is 4.74 Å². The number of halogens is 1. The summed E-state index contributed by atoms with van der Waals surface area (Å²) >= 11 is 6.06. The van der Waals surface area contributed by atoms with E-state index >= 15 is 0 Å². The second-order valence-electron chi connectivity index (χ2n) is 4.94. The summed E-state index contributed by atoms with van der Waals surface area (Å²) in [6.45, 7) is 0. The summed E-state index contributed by atoms with van der Waals surface area (Å²) in [6.07, 6.45) is 3.22. The van der Waals surface area contributed by atoms with Crippen LogP contribution in [0.3, 0.4) is 0 Å². The van der Waals surface area contributed by atoms with E-state index in [4.69, 9.17) is 20.8 Å². The van der Waals surface area contributed by atoms with Gasteiger partial charge in [0.15, 0.2) is 5.76 Å². The van der Waals surface area contributed by atoms with Crippen molar-refractivity contribution < 1.29 is 13.9 Å². The van der Waals surface area contributed by atoms with Gasteiger partial charge in [-0.2, -0.15) is 0 Å². The maximum absolute atomic E-state index is 11.8. The molecule has 0 atom stereocenters. The summed E-state index contributed by atoms with van der Waals surface area (Å²) in [5, 5.41) is 0.552. The molecule has 0 radical (unpaired) electrons. The monoisotopic (exact) mass is 339 g/mol. The zero-order chi connectivity index (χ0) is 16.8. The zero-order valence-electron chi connectivity index (χ0n) is 12.7. The number of aliphatic imine (C=N–C) groups is 1. The average Bonchev–Trinajstić information content (AvgIpc) is 3.13. The first-order valence-corrected chi connectivity index (χ1v) is 7.72. The molecule has 0 bridgehead atoms. The highest BCUT2D eigenvalue weighted by Gasteiger charge is 2.06. The Labute approximate surface area is 144 Å². The van der Waals surface area contributed by atoms with E-state index in [1.165, 1.54) is 6.26 Å². The van der Waals surface area contributed by atoms with Crippen LogP contribution in [0.1, 0.15) is 17.0 Å². The number of furan rings is 1. The van der Waals surface area contributed by atoms with Gasteiger partial charge in [-0.25, -0.2) is 0 Å². The zero-order valence-corrected chi connectivity index (χ0v) is 13.4. The summed E-state index contributed by atoms with van der Waals surface area (Å²) in [7, 11) is 0. The van der Waals surface area contributed by atoms with Gasteiger partial charge >= 0.3 is 0 Å². The van der Waals surface area contributed by atoms with Gasteiger partial charge in [0.2, 0.25) is 5.78 Å². The van der Waals surface area contributed by atoms with Crippen molar-refractivity contribution >= 4 is 29.3 Å². The molecule has 0 fully saturated rings. The average molecular weight is 340 g/mol. The lowest BCUT2D eigenvalue weighted by atomic mass is 10.2. The molecule has 120 valence electrons. The molecule has 0 aliphatic rings. The maximum Gasteiger partial charge on any atom is 0.203 e. The van der Waals surface area contributed by atoms with Crippen LogP contribution in [0.25, 0.3) is 0 Å². The molecule has 24 heavy (non-hydrogen) atoms. The lowest BCUT2D eigenvalue weighted by Gasteiger charge is -2.07. The number of hydrogen-bond acceptors (Lipinski definition) is 4. The molecule has 2 aromatic carbocycles. The van der Waals surface area contributed by atoms with E-state index in [1.807, 2.05) is 12.1 Å². The van der Waals surface area contributed by atoms with Crippen LogP contribution >= 0.6 is 11.6 Å². The standard InChI is InChI=1S/C19H14ClNO3/c20-16-4-1-2-5-18(16)24-15-9-7-14(8-10-15)21-12-11-17(22)19-6-3-13-23-19/h1-10,12-13H,11H2. The highest BCUT2D eigenvalue weighted by molar-refractivity contribution is 6.32. The normalized spacial score (nSPS) is 10.9. The molecule has 3 aromatic rings. The molecule has 0 amide bonds. The summed E-state index contributed by atoms with van der Waals surface area (Å²) in [4.78, 5) is 16.0. The Morgan fingerprint density at radius 2 is 1.88 bits per heavy atom. The minimum Gasteiger partial charge on any atom is -0.461 e. The number of carbonyl (C=O) groups excluding carboxylic acids is 1. The van der Waals surface area contributed by atoms with Gasteiger partial charge in [0.25, 0.3) is 0 Å². The first-order chi connectivity index (χ1) is 11.7. The Morgan fingerprint density at radius 1 is 1.08 bits per heavy atom. The predicted molar refractivity (Wildman–Crippen MR) is 93.8 cm³/mol. The largest absolute Gasteiger partial charge is 0.461 e. The fraction of sp³-hybridized carbons (Fsp3) is 0.0526. The molecule has 0 saturated carbocycles. The maximum atomic E-state index is 11.8. The van der Waals surface area contributed by atoms with Crippen LogP contribution in [0.4, 0.5) is 5.69 Å². The van der Waals surface area contributed by atoms with Gasteiger partial charge < -0.3 is 9.15 Å². The molecular formula is C19H14ClNO3. The molecule has 0 saturated heterocycles. The third-order valence-corrected chi connectivity index (χ3v) is 3.53. The minimum atomic E-state index is -0.109. The molecule has 0 spiro atoms. The van der Waals surface area contributed by atoms with Crippen LogP contribution in [0, 0.1) is 0 Å². The van der Waals surface area contributed by atoms with E-state index in [-0.39, 0.29) is 12.2 Å². The van der Waals surface area contributed by atoms with E-state index in [2.05, 4.69) is 4.99 Å². The van der Waals surface area contributed by atoms with Crippen molar-refractivity contribution in [2.24, 2.45) is 4.99 Å². The van der Waals surface area contributed by atoms with Crippen LogP contribution in [-0.4, -0.2) is 12.0 Å². The molecule has 3 rings (SSSR count). The van der Waals surface area contributed by atoms with Gasteiger partial charge in [-0.15, -0.1) is 0 Å². The topological polar surface area (TPSA) is 51.8 Å². The van der Waals surface area contributed by atoms with Gasteiger partial charge in [-0.05, 0) is 48.5 Å². The molecule has 5 heteroatoms. The number of Topliss-reactive ketones (excluding diaryl/α,β-unsaturated/α-hetero) is 1. The third kappa shape index (κ3) is 4.12. The van der Waals surface area contributed by atoms with Gasteiger partial charge in [-0.1, -0.05) is 23.7 Å². The molecule has 1 aromatic heterocycles. The first-order valence-electron chi connectivity index (χ1n) is 7.34. The Morgan fingerprint density at radius 3 is 2.58 bits per heavy atom. The number of para-hydroxylation sites is 1. The second-order valence-corrected chi connectivity index (χ2v) is 5.35. The van der Waals surface area contributed by atoms with Crippen molar-refractivity contribution in [3.05, 3.63) is 77.7 Å². The number of ether oxygens (including phenoxy) is 1. The van der Waals surface area contributed by atoms with Crippen molar-refractivity contribution in [1.29, 1.82) is 0 Å². The second kappa shape index (κ2) is 7.62. The molecule has 0 aliphatic heterocycles. The van der Waals surface area contributed by atoms with Gasteiger partial charge in [0.1, 0.15) is 11.5 Å². The van der Waals surface area contributed by atoms with Crippen molar-refractivity contribution in [2.45, 2.75) is 6.42 Å². The minimum absolute atomic E-state index is 0.109. The number of carbonyl (C=O) groups is 1. The van der Waals surface area contributed by atoms with Crippen molar-refractivity contribution in [1.82, 2.24) is 0 Å². The quantitative estimate of drug-likeness (QED) is 0.427. The van der Waals surface area contributed by atoms with E-state index in [0.29, 0.717) is 22.3 Å². The Kier molecular flexibility index (Phi) is 5.08. The van der Waals surface area contributed by atoms with Gasteiger partial charge in [0.05, 0.1) is 17.0 Å². The van der Waals surface area contributed by atoms with Crippen molar-refractivity contribution in [2.75, 3.05) is 0 Å². The third-order valence-electron chi connectivity index (χ3n) is 3.21. The molecular weight excluding hydrogens is 326 g/mol. The number of hydrogen-bond donors (Lipinski definition) is 0. The summed E-state index contributed by atoms with van der Waals surface area (Å²) < 4.78 is 10.7. The fourth-order valence-electron chi connectivity index (χ4n) is 2.03. The number of rotatable bonds is 6. The predicted octanol–water partition coefficient (Wildman–Crippen LogP) is 5.70. The molecule has 1 heterocycles. The Bertz CT molecular complexity index is 839. The lowest BCUT2D eigenvalue weighted by molar-refractivity contribution is 0.0975. The highest BCUT2D eigenvalue weighted by Crippen LogP contribution is 2.29. The van der Waals surface area contributed by atoms with Crippen molar-refractivity contribution in [3.63, 3.8) is 0 Å². The van der Waals surface area contributed by atoms with E-state index in [9.17, 15) is 4.79 Å². The Hall–Kier alpha value is -2.85. The van der Waals surface area contributed by atoms with E-state index in [1.54, 1.807) is 54.7 Å². The fourth-order valence-corrected chi connectivity index (χ4v) is 2.20. The first kappa shape index (κ1) is 16.0. The van der Waals surface area contributed by atoms with Crippen molar-refractivity contribution in [3.8, 4) is 11.5 Å².